The molecule has 1 heterocycles. The van der Waals surface area contributed by atoms with E-state index in [2.05, 4.69) is 42.8 Å². The Morgan fingerprint density at radius 1 is 1.25 bits per heavy atom. The first-order chi connectivity index (χ1) is 9.38. The second kappa shape index (κ2) is 7.38. The van der Waals surface area contributed by atoms with Crippen LogP contribution in [0, 0.1) is 6.92 Å². The molecule has 0 aliphatic carbocycles. The van der Waals surface area contributed by atoms with Crippen molar-refractivity contribution >= 4 is 5.97 Å². The molecule has 0 spiro atoms. The highest BCUT2D eigenvalue weighted by Crippen LogP contribution is 2.08. The first-order valence-electron chi connectivity index (χ1n) is 7.21. The summed E-state index contributed by atoms with van der Waals surface area (Å²) in [5.41, 5.74) is 0. The molecule has 0 unspecified atom stereocenters. The molecule has 0 bridgehead atoms. The molecule has 0 atom stereocenters. The summed E-state index contributed by atoms with van der Waals surface area (Å²) in [5, 5.41) is 7.90. The van der Waals surface area contributed by atoms with Crippen LogP contribution >= 0.6 is 0 Å². The zero-order valence-corrected chi connectivity index (χ0v) is 13.4. The van der Waals surface area contributed by atoms with Crippen LogP contribution in [-0.4, -0.2) is 50.9 Å². The standard InChI is InChI=1S/C14H26N4O2/c1-7-20-14(19)13-16-15-12(6)18(13)9-8-17(10(2)3)11(4)5/h10-11H,7-9H2,1-6H3. The maximum atomic E-state index is 11.8. The number of esters is 1. The molecule has 6 nitrogen and oxygen atoms in total. The Bertz CT molecular complexity index is 432. The topological polar surface area (TPSA) is 60.2 Å². The van der Waals surface area contributed by atoms with Crippen LogP contribution < -0.4 is 0 Å². The SMILES string of the molecule is CCOC(=O)c1nnc(C)n1CCN(C(C)C)C(C)C. The minimum atomic E-state index is -0.409. The van der Waals surface area contributed by atoms with E-state index in [1.165, 1.54) is 0 Å². The van der Waals surface area contributed by atoms with Gasteiger partial charge in [-0.25, -0.2) is 4.79 Å². The normalized spacial score (nSPS) is 11.7. The lowest BCUT2D eigenvalue weighted by atomic mass is 10.2. The fraction of sp³-hybridized carbons (Fsp3) is 0.786. The molecule has 114 valence electrons. The van der Waals surface area contributed by atoms with Crippen LogP contribution in [0.1, 0.15) is 51.1 Å². The summed E-state index contributed by atoms with van der Waals surface area (Å²) in [6.45, 7) is 14.2. The van der Waals surface area contributed by atoms with E-state index < -0.39 is 5.97 Å². The van der Waals surface area contributed by atoms with Gasteiger partial charge >= 0.3 is 5.97 Å². The van der Waals surface area contributed by atoms with Gasteiger partial charge in [0, 0.05) is 25.2 Å². The molecule has 20 heavy (non-hydrogen) atoms. The zero-order valence-electron chi connectivity index (χ0n) is 13.4. The fourth-order valence-electron chi connectivity index (χ4n) is 2.32. The minimum absolute atomic E-state index is 0.289. The van der Waals surface area contributed by atoms with E-state index in [1.807, 2.05) is 11.5 Å². The number of carbonyl (C=O) groups excluding carboxylic acids is 1. The summed E-state index contributed by atoms with van der Waals surface area (Å²) < 4.78 is 6.84. The van der Waals surface area contributed by atoms with Gasteiger partial charge in [0.2, 0.25) is 5.82 Å². The van der Waals surface area contributed by atoms with Crippen molar-refractivity contribution < 1.29 is 9.53 Å². The van der Waals surface area contributed by atoms with E-state index in [0.717, 1.165) is 12.4 Å². The molecule has 0 amide bonds. The second-order valence-corrected chi connectivity index (χ2v) is 5.37. The van der Waals surface area contributed by atoms with Crippen LogP contribution in [0.5, 0.6) is 0 Å². The highest BCUT2D eigenvalue weighted by atomic mass is 16.5. The monoisotopic (exact) mass is 282 g/mol. The van der Waals surface area contributed by atoms with E-state index >= 15 is 0 Å². The van der Waals surface area contributed by atoms with Gasteiger partial charge in [-0.1, -0.05) is 0 Å². The van der Waals surface area contributed by atoms with Crippen molar-refractivity contribution in [3.05, 3.63) is 11.6 Å². The molecule has 1 aromatic rings. The van der Waals surface area contributed by atoms with E-state index in [-0.39, 0.29) is 5.82 Å². The molecule has 0 fully saturated rings. The summed E-state index contributed by atoms with van der Waals surface area (Å²) >= 11 is 0. The average molecular weight is 282 g/mol. The number of nitrogens with zero attached hydrogens (tertiary/aromatic N) is 4. The maximum absolute atomic E-state index is 11.8. The molecule has 0 saturated carbocycles. The first-order valence-corrected chi connectivity index (χ1v) is 7.21. The molecule has 1 aromatic heterocycles. The van der Waals surface area contributed by atoms with Gasteiger partial charge in [-0.3, -0.25) is 4.90 Å². The lowest BCUT2D eigenvalue weighted by molar-refractivity contribution is 0.0504. The van der Waals surface area contributed by atoms with E-state index in [4.69, 9.17) is 4.74 Å². The minimum Gasteiger partial charge on any atom is -0.460 e. The highest BCUT2D eigenvalue weighted by molar-refractivity contribution is 5.85. The summed E-state index contributed by atoms with van der Waals surface area (Å²) in [6, 6.07) is 0.913. The predicted molar refractivity (Wildman–Crippen MR) is 77.7 cm³/mol. The average Bonchev–Trinajstić information content (AvgIpc) is 2.71. The Labute approximate surface area is 121 Å². The quantitative estimate of drug-likeness (QED) is 0.715. The van der Waals surface area contributed by atoms with Crippen LogP contribution in [0.25, 0.3) is 0 Å². The lowest BCUT2D eigenvalue weighted by Gasteiger charge is -2.30. The lowest BCUT2D eigenvalue weighted by Crippen LogP contribution is -2.39. The van der Waals surface area contributed by atoms with Gasteiger partial charge in [-0.2, -0.15) is 0 Å². The second-order valence-electron chi connectivity index (χ2n) is 5.37. The Morgan fingerprint density at radius 3 is 2.35 bits per heavy atom. The summed E-state index contributed by atoms with van der Waals surface area (Å²) in [6.07, 6.45) is 0. The Morgan fingerprint density at radius 2 is 1.85 bits per heavy atom. The molecule has 1 rings (SSSR count). The van der Waals surface area contributed by atoms with E-state index in [9.17, 15) is 4.79 Å². The van der Waals surface area contributed by atoms with Gasteiger partial charge in [0.1, 0.15) is 5.82 Å². The number of aryl methyl sites for hydroxylation is 1. The predicted octanol–water partition coefficient (Wildman–Crippen LogP) is 1.88. The smallest absolute Gasteiger partial charge is 0.376 e. The van der Waals surface area contributed by atoms with Crippen LogP contribution in [0.4, 0.5) is 0 Å². The molecule has 0 aliphatic rings. The van der Waals surface area contributed by atoms with E-state index in [1.54, 1.807) is 6.92 Å². The van der Waals surface area contributed by atoms with Crippen molar-refractivity contribution in [2.24, 2.45) is 0 Å². The maximum Gasteiger partial charge on any atom is 0.376 e. The molecule has 0 aliphatic heterocycles. The van der Waals surface area contributed by atoms with Gasteiger partial charge in [0.15, 0.2) is 0 Å². The Kier molecular flexibility index (Phi) is 6.13. The van der Waals surface area contributed by atoms with Gasteiger partial charge in [0.05, 0.1) is 6.61 Å². The number of hydrogen-bond donors (Lipinski definition) is 0. The van der Waals surface area contributed by atoms with Gasteiger partial charge < -0.3 is 9.30 Å². The molecular formula is C14H26N4O2. The Hall–Kier alpha value is -1.43. The van der Waals surface area contributed by atoms with Gasteiger partial charge in [-0.05, 0) is 41.5 Å². The molecule has 0 N–H and O–H groups in total. The number of ether oxygens (including phenoxy) is 1. The molecule has 0 saturated heterocycles. The van der Waals surface area contributed by atoms with Crippen LogP contribution in [0.3, 0.4) is 0 Å². The van der Waals surface area contributed by atoms with Gasteiger partial charge in [-0.15, -0.1) is 10.2 Å². The third-order valence-corrected chi connectivity index (χ3v) is 3.30. The largest absolute Gasteiger partial charge is 0.460 e. The molecule has 0 radical (unpaired) electrons. The fourth-order valence-corrected chi connectivity index (χ4v) is 2.32. The van der Waals surface area contributed by atoms with E-state index in [0.29, 0.717) is 25.2 Å². The van der Waals surface area contributed by atoms with Crippen molar-refractivity contribution in [1.82, 2.24) is 19.7 Å². The van der Waals surface area contributed by atoms with Gasteiger partial charge in [0.25, 0.3) is 0 Å². The first kappa shape index (κ1) is 16.6. The zero-order chi connectivity index (χ0) is 15.3. The summed E-state index contributed by atoms with van der Waals surface area (Å²) in [7, 11) is 0. The number of aromatic nitrogens is 3. The van der Waals surface area contributed by atoms with Crippen molar-refractivity contribution in [2.45, 2.75) is 60.2 Å². The molecule has 6 heteroatoms. The molecule has 0 aromatic carbocycles. The van der Waals surface area contributed by atoms with Crippen LogP contribution in [0.15, 0.2) is 0 Å². The van der Waals surface area contributed by atoms with Crippen molar-refractivity contribution in [3.63, 3.8) is 0 Å². The number of rotatable bonds is 7. The highest BCUT2D eigenvalue weighted by Gasteiger charge is 2.20. The van der Waals surface area contributed by atoms with Crippen molar-refractivity contribution in [1.29, 1.82) is 0 Å². The number of carbonyl (C=O) groups is 1. The molecular weight excluding hydrogens is 256 g/mol. The van der Waals surface area contributed by atoms with Crippen molar-refractivity contribution in [2.75, 3.05) is 13.2 Å². The third kappa shape index (κ3) is 4.03. The van der Waals surface area contributed by atoms with Crippen molar-refractivity contribution in [3.8, 4) is 0 Å². The third-order valence-electron chi connectivity index (χ3n) is 3.30. The van der Waals surface area contributed by atoms with Crippen LogP contribution in [0.2, 0.25) is 0 Å². The Balaban J connectivity index is 2.81. The van der Waals surface area contributed by atoms with Crippen LogP contribution in [-0.2, 0) is 11.3 Å². The summed E-state index contributed by atoms with van der Waals surface area (Å²) in [5.74, 6) is 0.617. The number of hydrogen-bond acceptors (Lipinski definition) is 5. The summed E-state index contributed by atoms with van der Waals surface area (Å²) in [4.78, 5) is 14.2.